The van der Waals surface area contributed by atoms with Crippen LogP contribution in [-0.4, -0.2) is 23.3 Å². The molecule has 116 valence electrons. The fourth-order valence-electron chi connectivity index (χ4n) is 2.43. The van der Waals surface area contributed by atoms with Crippen LogP contribution in [0.3, 0.4) is 0 Å². The van der Waals surface area contributed by atoms with Crippen LogP contribution < -0.4 is 4.74 Å². The minimum absolute atomic E-state index is 0.0178. The summed E-state index contributed by atoms with van der Waals surface area (Å²) < 4.78 is 5.00. The van der Waals surface area contributed by atoms with Crippen molar-refractivity contribution in [3.63, 3.8) is 0 Å². The summed E-state index contributed by atoms with van der Waals surface area (Å²) in [6, 6.07) is 10.7. The van der Waals surface area contributed by atoms with Gasteiger partial charge in [-0.15, -0.1) is 0 Å². The number of phenolic OH excluding ortho intramolecular Hbond substituents is 1. The zero-order chi connectivity index (χ0) is 16.3. The number of carbonyl (C=O) groups is 1. The van der Waals surface area contributed by atoms with Gasteiger partial charge in [0.15, 0.2) is 11.5 Å². The maximum Gasteiger partial charge on any atom is 0.311 e. The van der Waals surface area contributed by atoms with Crippen LogP contribution in [0.25, 0.3) is 0 Å². The molecule has 4 nitrogen and oxygen atoms in total. The first-order chi connectivity index (χ1) is 10.4. The lowest BCUT2D eigenvalue weighted by molar-refractivity contribution is -0.138. The number of aromatic hydroxyl groups is 1. The minimum Gasteiger partial charge on any atom is -0.504 e. The molecule has 0 radical (unpaired) electrons. The van der Waals surface area contributed by atoms with E-state index in [0.29, 0.717) is 12.2 Å². The largest absolute Gasteiger partial charge is 0.504 e. The predicted molar refractivity (Wildman–Crippen MR) is 84.7 cm³/mol. The molecule has 0 saturated carbocycles. The number of phenols is 1. The van der Waals surface area contributed by atoms with E-state index in [4.69, 9.17) is 4.74 Å². The van der Waals surface area contributed by atoms with Gasteiger partial charge in [-0.1, -0.05) is 24.3 Å². The zero-order valence-corrected chi connectivity index (χ0v) is 13.0. The van der Waals surface area contributed by atoms with Crippen LogP contribution in [0.4, 0.5) is 0 Å². The maximum atomic E-state index is 11.6. The number of aryl methyl sites for hydroxylation is 2. The van der Waals surface area contributed by atoms with E-state index in [1.165, 1.54) is 7.11 Å². The van der Waals surface area contributed by atoms with E-state index in [2.05, 4.69) is 0 Å². The number of carboxylic acid groups (broad SMARTS) is 1. The lowest BCUT2D eigenvalue weighted by Gasteiger charge is -2.15. The molecule has 0 aliphatic carbocycles. The molecule has 2 rings (SSSR count). The third-order valence-electron chi connectivity index (χ3n) is 3.91. The molecule has 1 atom stereocenters. The van der Waals surface area contributed by atoms with Gasteiger partial charge in [-0.2, -0.15) is 0 Å². The number of aliphatic carboxylic acids is 1. The Bertz CT molecular complexity index is 691. The van der Waals surface area contributed by atoms with Crippen molar-refractivity contribution >= 4 is 5.97 Å². The summed E-state index contributed by atoms with van der Waals surface area (Å²) in [7, 11) is 1.48. The van der Waals surface area contributed by atoms with E-state index in [1.54, 1.807) is 18.2 Å². The van der Waals surface area contributed by atoms with Crippen LogP contribution in [0.1, 0.15) is 28.2 Å². The fraction of sp³-hybridized carbons (Fsp3) is 0.278. The Balaban J connectivity index is 2.31. The van der Waals surface area contributed by atoms with Crippen molar-refractivity contribution in [3.05, 3.63) is 58.7 Å². The van der Waals surface area contributed by atoms with Crippen molar-refractivity contribution in [2.24, 2.45) is 0 Å². The predicted octanol–water partition coefficient (Wildman–Crippen LogP) is 3.43. The van der Waals surface area contributed by atoms with Gasteiger partial charge in [-0.3, -0.25) is 4.79 Å². The van der Waals surface area contributed by atoms with Gasteiger partial charge in [0.2, 0.25) is 0 Å². The molecule has 0 spiro atoms. The molecule has 0 aliphatic heterocycles. The molecule has 0 fully saturated rings. The lowest BCUT2D eigenvalue weighted by atomic mass is 9.90. The van der Waals surface area contributed by atoms with Gasteiger partial charge in [-0.25, -0.2) is 0 Å². The number of ether oxygens (including phenoxy) is 1. The highest BCUT2D eigenvalue weighted by atomic mass is 16.5. The molecule has 4 heteroatoms. The maximum absolute atomic E-state index is 11.6. The van der Waals surface area contributed by atoms with E-state index < -0.39 is 11.9 Å². The highest BCUT2D eigenvalue weighted by Crippen LogP contribution is 2.30. The molecule has 2 aromatic carbocycles. The summed E-state index contributed by atoms with van der Waals surface area (Å²) in [5.41, 5.74) is 3.73. The average Bonchev–Trinajstić information content (AvgIpc) is 2.47. The van der Waals surface area contributed by atoms with Gasteiger partial charge in [0.1, 0.15) is 0 Å². The summed E-state index contributed by atoms with van der Waals surface area (Å²) in [5, 5.41) is 19.4. The van der Waals surface area contributed by atoms with Gasteiger partial charge in [-0.05, 0) is 54.7 Å². The normalized spacial score (nSPS) is 12.0. The number of rotatable bonds is 5. The highest BCUT2D eigenvalue weighted by molar-refractivity contribution is 5.76. The Morgan fingerprint density at radius 2 is 1.86 bits per heavy atom. The molecular formula is C18H20O4. The minimum atomic E-state index is -0.876. The third kappa shape index (κ3) is 3.39. The molecule has 0 bridgehead atoms. The van der Waals surface area contributed by atoms with E-state index >= 15 is 0 Å². The van der Waals surface area contributed by atoms with E-state index in [1.807, 2.05) is 32.0 Å². The number of hydrogen-bond donors (Lipinski definition) is 2. The highest BCUT2D eigenvalue weighted by Gasteiger charge is 2.21. The topological polar surface area (TPSA) is 66.8 Å². The first-order valence-electron chi connectivity index (χ1n) is 7.08. The fourth-order valence-corrected chi connectivity index (χ4v) is 2.43. The number of carboxylic acids is 1. The molecule has 0 aliphatic rings. The molecule has 0 aromatic heterocycles. The third-order valence-corrected chi connectivity index (χ3v) is 3.91. The van der Waals surface area contributed by atoms with Crippen molar-refractivity contribution in [3.8, 4) is 11.5 Å². The van der Waals surface area contributed by atoms with Crippen LogP contribution in [0, 0.1) is 13.8 Å². The molecule has 22 heavy (non-hydrogen) atoms. The Kier molecular flexibility index (Phi) is 4.71. The average molecular weight is 300 g/mol. The van der Waals surface area contributed by atoms with Crippen LogP contribution in [-0.2, 0) is 11.2 Å². The summed E-state index contributed by atoms with van der Waals surface area (Å²) in [5.74, 6) is -1.13. The number of benzene rings is 2. The summed E-state index contributed by atoms with van der Waals surface area (Å²) >= 11 is 0. The molecule has 1 unspecified atom stereocenters. The molecule has 0 saturated heterocycles. The van der Waals surface area contributed by atoms with Crippen LogP contribution in [0.15, 0.2) is 36.4 Å². The molecular weight excluding hydrogens is 280 g/mol. The summed E-state index contributed by atoms with van der Waals surface area (Å²) in [6.07, 6.45) is 0.315. The van der Waals surface area contributed by atoms with Gasteiger partial charge in [0, 0.05) is 0 Å². The summed E-state index contributed by atoms with van der Waals surface area (Å²) in [4.78, 5) is 11.6. The second-order valence-corrected chi connectivity index (χ2v) is 5.44. The number of hydrogen-bond acceptors (Lipinski definition) is 3. The van der Waals surface area contributed by atoms with Crippen molar-refractivity contribution in [1.82, 2.24) is 0 Å². The van der Waals surface area contributed by atoms with Crippen molar-refractivity contribution in [2.45, 2.75) is 26.2 Å². The van der Waals surface area contributed by atoms with Crippen molar-refractivity contribution < 1.29 is 19.7 Å². The van der Waals surface area contributed by atoms with Gasteiger partial charge < -0.3 is 14.9 Å². The van der Waals surface area contributed by atoms with E-state index in [0.717, 1.165) is 22.3 Å². The summed E-state index contributed by atoms with van der Waals surface area (Å²) in [6.45, 7) is 3.97. The lowest BCUT2D eigenvalue weighted by Crippen LogP contribution is -2.14. The van der Waals surface area contributed by atoms with Crippen LogP contribution in [0.5, 0.6) is 11.5 Å². The Hall–Kier alpha value is -2.49. The van der Waals surface area contributed by atoms with Crippen LogP contribution >= 0.6 is 0 Å². The zero-order valence-electron chi connectivity index (χ0n) is 13.0. The van der Waals surface area contributed by atoms with Crippen LogP contribution in [0.2, 0.25) is 0 Å². The molecule has 0 heterocycles. The van der Waals surface area contributed by atoms with Gasteiger partial charge in [0.25, 0.3) is 0 Å². The second kappa shape index (κ2) is 6.52. The first kappa shape index (κ1) is 15.9. The molecule has 2 aromatic rings. The Labute approximate surface area is 130 Å². The van der Waals surface area contributed by atoms with Gasteiger partial charge >= 0.3 is 5.97 Å². The van der Waals surface area contributed by atoms with E-state index in [-0.39, 0.29) is 5.75 Å². The molecule has 0 amide bonds. The smallest absolute Gasteiger partial charge is 0.311 e. The van der Waals surface area contributed by atoms with E-state index in [9.17, 15) is 15.0 Å². The quantitative estimate of drug-likeness (QED) is 0.888. The first-order valence-corrected chi connectivity index (χ1v) is 7.08. The second-order valence-electron chi connectivity index (χ2n) is 5.44. The van der Waals surface area contributed by atoms with Crippen molar-refractivity contribution in [2.75, 3.05) is 7.11 Å². The Morgan fingerprint density at radius 1 is 1.14 bits per heavy atom. The SMILES string of the molecule is COc1ccc(CC(C(=O)O)c2ccc(C)c(C)c2)cc1O. The Morgan fingerprint density at radius 3 is 2.41 bits per heavy atom. The monoisotopic (exact) mass is 300 g/mol. The van der Waals surface area contributed by atoms with Crippen molar-refractivity contribution in [1.29, 1.82) is 0 Å². The number of methoxy groups -OCH3 is 1. The van der Waals surface area contributed by atoms with Gasteiger partial charge in [0.05, 0.1) is 13.0 Å². The molecule has 2 N–H and O–H groups in total. The standard InChI is InChI=1S/C18H20O4/c1-11-4-6-14(8-12(11)2)15(18(20)21)9-13-5-7-17(22-3)16(19)10-13/h4-8,10,15,19H,9H2,1-3H3,(H,20,21).